The largest absolute Gasteiger partial charge is 0.355 e. The van der Waals surface area contributed by atoms with Crippen LogP contribution >= 0.6 is 0 Å². The fourth-order valence-corrected chi connectivity index (χ4v) is 2.69. The Morgan fingerprint density at radius 3 is 2.31 bits per heavy atom. The fraction of sp³-hybridized carbons (Fsp3) is 0.333. The number of para-hydroxylation sites is 1. The molecule has 2 rings (SSSR count). The molecule has 5 heteroatoms. The third-order valence-corrected chi connectivity index (χ3v) is 4.00. The molecule has 2 N–H and O–H groups in total. The Morgan fingerprint density at radius 1 is 0.962 bits per heavy atom. The SMILES string of the molecule is CC(C)(C)c1ccccc1NC(=O)CC(=O)NCCc1ccccc1F. The van der Waals surface area contributed by atoms with Crippen molar-refractivity contribution in [1.82, 2.24) is 5.32 Å². The minimum atomic E-state index is -0.382. The summed E-state index contributed by atoms with van der Waals surface area (Å²) in [6.07, 6.45) is 0.114. The third kappa shape index (κ3) is 5.69. The van der Waals surface area contributed by atoms with Crippen LogP contribution in [0.5, 0.6) is 0 Å². The minimum Gasteiger partial charge on any atom is -0.355 e. The maximum Gasteiger partial charge on any atom is 0.233 e. The van der Waals surface area contributed by atoms with Crippen LogP contribution in [0.2, 0.25) is 0 Å². The second-order valence-electron chi connectivity index (χ2n) is 7.21. The summed E-state index contributed by atoms with van der Waals surface area (Å²) in [7, 11) is 0. The maximum atomic E-state index is 13.5. The van der Waals surface area contributed by atoms with Gasteiger partial charge in [-0.3, -0.25) is 9.59 Å². The molecule has 0 bridgehead atoms. The number of hydrogen-bond acceptors (Lipinski definition) is 2. The second-order valence-corrected chi connectivity index (χ2v) is 7.21. The predicted octanol–water partition coefficient (Wildman–Crippen LogP) is 3.81. The minimum absolute atomic E-state index is 0.119. The highest BCUT2D eigenvalue weighted by Gasteiger charge is 2.19. The van der Waals surface area contributed by atoms with Crippen LogP contribution in [0.25, 0.3) is 0 Å². The molecular weight excluding hydrogens is 331 g/mol. The topological polar surface area (TPSA) is 58.2 Å². The van der Waals surface area contributed by atoms with Crippen molar-refractivity contribution >= 4 is 17.5 Å². The van der Waals surface area contributed by atoms with Crippen LogP contribution in [-0.4, -0.2) is 18.4 Å². The number of rotatable bonds is 6. The van der Waals surface area contributed by atoms with E-state index in [0.29, 0.717) is 17.7 Å². The lowest BCUT2D eigenvalue weighted by atomic mass is 9.86. The zero-order chi connectivity index (χ0) is 19.2. The van der Waals surface area contributed by atoms with E-state index in [0.717, 1.165) is 5.56 Å². The lowest BCUT2D eigenvalue weighted by Crippen LogP contribution is -2.30. The number of halogens is 1. The summed E-state index contributed by atoms with van der Waals surface area (Å²) in [5.41, 5.74) is 2.14. The van der Waals surface area contributed by atoms with Crippen molar-refractivity contribution in [2.45, 2.75) is 39.0 Å². The summed E-state index contributed by atoms with van der Waals surface area (Å²) in [4.78, 5) is 24.1. The van der Waals surface area contributed by atoms with Crippen LogP contribution in [-0.2, 0) is 21.4 Å². The van der Waals surface area contributed by atoms with Crippen molar-refractivity contribution < 1.29 is 14.0 Å². The van der Waals surface area contributed by atoms with Crippen LogP contribution in [0.3, 0.4) is 0 Å². The molecule has 0 saturated carbocycles. The van der Waals surface area contributed by atoms with Crippen molar-refractivity contribution in [3.63, 3.8) is 0 Å². The molecule has 0 aliphatic rings. The van der Waals surface area contributed by atoms with Crippen LogP contribution in [0.15, 0.2) is 48.5 Å². The molecule has 26 heavy (non-hydrogen) atoms. The van der Waals surface area contributed by atoms with Gasteiger partial charge in [0.1, 0.15) is 12.2 Å². The van der Waals surface area contributed by atoms with Gasteiger partial charge in [0, 0.05) is 12.2 Å². The molecule has 0 saturated heterocycles. The number of carbonyl (C=O) groups excluding carboxylic acids is 2. The van der Waals surface area contributed by atoms with E-state index in [1.54, 1.807) is 18.2 Å². The molecule has 0 fully saturated rings. The summed E-state index contributed by atoms with van der Waals surface area (Å²) >= 11 is 0. The molecule has 0 radical (unpaired) electrons. The van der Waals surface area contributed by atoms with Gasteiger partial charge in [-0.05, 0) is 35.1 Å². The Bertz CT molecular complexity index is 782. The monoisotopic (exact) mass is 356 g/mol. The predicted molar refractivity (Wildman–Crippen MR) is 102 cm³/mol. The van der Waals surface area contributed by atoms with E-state index in [9.17, 15) is 14.0 Å². The van der Waals surface area contributed by atoms with Gasteiger partial charge in [0.2, 0.25) is 11.8 Å². The van der Waals surface area contributed by atoms with Gasteiger partial charge < -0.3 is 10.6 Å². The molecule has 2 amide bonds. The van der Waals surface area contributed by atoms with Crippen molar-refractivity contribution in [2.24, 2.45) is 0 Å². The van der Waals surface area contributed by atoms with Crippen LogP contribution in [0.1, 0.15) is 38.3 Å². The fourth-order valence-electron chi connectivity index (χ4n) is 2.69. The second kappa shape index (κ2) is 8.61. The van der Waals surface area contributed by atoms with Gasteiger partial charge in [-0.2, -0.15) is 0 Å². The van der Waals surface area contributed by atoms with Crippen LogP contribution < -0.4 is 10.6 Å². The summed E-state index contributed by atoms with van der Waals surface area (Å²) in [5, 5.41) is 5.46. The number of hydrogen-bond donors (Lipinski definition) is 2. The summed E-state index contributed by atoms with van der Waals surface area (Å²) in [5.74, 6) is -1.05. The Kier molecular flexibility index (Phi) is 6.50. The van der Waals surface area contributed by atoms with Gasteiger partial charge in [0.15, 0.2) is 0 Å². The average molecular weight is 356 g/mol. The first-order valence-electron chi connectivity index (χ1n) is 8.67. The molecule has 0 aliphatic heterocycles. The molecular formula is C21H25FN2O2. The highest BCUT2D eigenvalue weighted by atomic mass is 19.1. The van der Waals surface area contributed by atoms with E-state index in [4.69, 9.17) is 0 Å². The standard InChI is InChI=1S/C21H25FN2O2/c1-21(2,3)16-9-5-7-11-18(16)24-20(26)14-19(25)23-13-12-15-8-4-6-10-17(15)22/h4-11H,12-14H2,1-3H3,(H,23,25)(H,24,26). The molecule has 0 unspecified atom stereocenters. The highest BCUT2D eigenvalue weighted by Crippen LogP contribution is 2.29. The van der Waals surface area contributed by atoms with Gasteiger partial charge >= 0.3 is 0 Å². The van der Waals surface area contributed by atoms with E-state index in [2.05, 4.69) is 31.4 Å². The van der Waals surface area contributed by atoms with Gasteiger partial charge in [-0.15, -0.1) is 0 Å². The first-order valence-corrected chi connectivity index (χ1v) is 8.67. The molecule has 2 aromatic rings. The lowest BCUT2D eigenvalue weighted by Gasteiger charge is -2.22. The van der Waals surface area contributed by atoms with E-state index in [1.165, 1.54) is 6.07 Å². The molecule has 0 aromatic heterocycles. The van der Waals surface area contributed by atoms with Gasteiger partial charge in [-0.1, -0.05) is 57.2 Å². The first kappa shape index (κ1) is 19.6. The van der Waals surface area contributed by atoms with Crippen LogP contribution in [0.4, 0.5) is 10.1 Å². The van der Waals surface area contributed by atoms with Crippen LogP contribution in [0, 0.1) is 5.82 Å². The molecule has 138 valence electrons. The highest BCUT2D eigenvalue weighted by molar-refractivity contribution is 6.03. The number of benzene rings is 2. The third-order valence-electron chi connectivity index (χ3n) is 4.00. The Morgan fingerprint density at radius 2 is 1.62 bits per heavy atom. The molecule has 0 spiro atoms. The van der Waals surface area contributed by atoms with Gasteiger partial charge in [-0.25, -0.2) is 4.39 Å². The van der Waals surface area contributed by atoms with Crippen molar-refractivity contribution in [1.29, 1.82) is 0 Å². The summed E-state index contributed by atoms with van der Waals surface area (Å²) < 4.78 is 13.5. The van der Waals surface area contributed by atoms with Crippen molar-refractivity contribution in [3.8, 4) is 0 Å². The smallest absolute Gasteiger partial charge is 0.233 e. The average Bonchev–Trinajstić information content (AvgIpc) is 2.56. The number of anilines is 1. The van der Waals surface area contributed by atoms with Gasteiger partial charge in [0.25, 0.3) is 0 Å². The molecule has 0 heterocycles. The van der Waals surface area contributed by atoms with E-state index in [-0.39, 0.29) is 36.0 Å². The lowest BCUT2D eigenvalue weighted by molar-refractivity contribution is -0.126. The number of amides is 2. The van der Waals surface area contributed by atoms with E-state index >= 15 is 0 Å². The van der Waals surface area contributed by atoms with Gasteiger partial charge in [0.05, 0.1) is 0 Å². The van der Waals surface area contributed by atoms with Crippen molar-refractivity contribution in [2.75, 3.05) is 11.9 Å². The zero-order valence-corrected chi connectivity index (χ0v) is 15.4. The molecule has 0 aliphatic carbocycles. The summed E-state index contributed by atoms with van der Waals surface area (Å²) in [6, 6.07) is 14.0. The quantitative estimate of drug-likeness (QED) is 0.773. The molecule has 2 aromatic carbocycles. The maximum absolute atomic E-state index is 13.5. The number of nitrogens with one attached hydrogen (secondary N) is 2. The number of carbonyl (C=O) groups is 2. The van der Waals surface area contributed by atoms with Crippen molar-refractivity contribution in [3.05, 3.63) is 65.5 Å². The normalized spacial score (nSPS) is 11.1. The van der Waals surface area contributed by atoms with E-state index < -0.39 is 0 Å². The first-order chi connectivity index (χ1) is 12.3. The Balaban J connectivity index is 1.85. The summed E-state index contributed by atoms with van der Waals surface area (Å²) in [6.45, 7) is 6.47. The zero-order valence-electron chi connectivity index (χ0n) is 15.4. The van der Waals surface area contributed by atoms with E-state index in [1.807, 2.05) is 24.3 Å². The Hall–Kier alpha value is -2.69. The molecule has 0 atom stereocenters. The molecule has 4 nitrogen and oxygen atoms in total. The Labute approximate surface area is 153 Å².